The van der Waals surface area contributed by atoms with Gasteiger partial charge in [0.1, 0.15) is 0 Å². The Hall–Kier alpha value is -1.39. The lowest BCUT2D eigenvalue weighted by molar-refractivity contribution is 0.0693. The maximum atomic E-state index is 10.8. The van der Waals surface area contributed by atoms with Gasteiger partial charge < -0.3 is 15.9 Å². The van der Waals surface area contributed by atoms with E-state index in [1.807, 2.05) is 0 Å². The molecule has 1 rings (SSSR count). The summed E-state index contributed by atoms with van der Waals surface area (Å²) in [7, 11) is 0. The molecule has 2 atom stereocenters. The van der Waals surface area contributed by atoms with Crippen molar-refractivity contribution in [1.82, 2.24) is 0 Å². The molecule has 0 aliphatic heterocycles. The number of benzene rings is 1. The maximum absolute atomic E-state index is 10.8. The molecule has 0 bridgehead atoms. The van der Waals surface area contributed by atoms with E-state index in [2.05, 4.69) is 0 Å². The minimum atomic E-state index is -1.03. The lowest BCUT2D eigenvalue weighted by Gasteiger charge is -2.16. The van der Waals surface area contributed by atoms with Crippen molar-refractivity contribution >= 4 is 5.97 Å². The molecule has 0 aliphatic rings. The largest absolute Gasteiger partial charge is 0.478 e. The zero-order valence-corrected chi connectivity index (χ0v) is 7.84. The number of carboxylic acid groups (broad SMARTS) is 1. The SMILES string of the molecule is C[C@H](O)[C@@H](N)c1ccccc1C(=O)O. The summed E-state index contributed by atoms with van der Waals surface area (Å²) in [6.07, 6.45) is -0.768. The van der Waals surface area contributed by atoms with Gasteiger partial charge in [-0.25, -0.2) is 4.79 Å². The number of carboxylic acids is 1. The average molecular weight is 195 g/mol. The Morgan fingerprint density at radius 1 is 1.43 bits per heavy atom. The smallest absolute Gasteiger partial charge is 0.336 e. The first-order valence-electron chi connectivity index (χ1n) is 4.30. The fraction of sp³-hybridized carbons (Fsp3) is 0.300. The summed E-state index contributed by atoms with van der Waals surface area (Å²) in [5.41, 5.74) is 6.26. The predicted molar refractivity (Wildman–Crippen MR) is 52.0 cm³/mol. The topological polar surface area (TPSA) is 83.5 Å². The number of nitrogens with two attached hydrogens (primary N) is 1. The minimum absolute atomic E-state index is 0.140. The van der Waals surface area contributed by atoms with Crippen molar-refractivity contribution in [3.63, 3.8) is 0 Å². The van der Waals surface area contributed by atoms with Crippen LogP contribution < -0.4 is 5.73 Å². The zero-order chi connectivity index (χ0) is 10.7. The highest BCUT2D eigenvalue weighted by molar-refractivity contribution is 5.89. The fourth-order valence-electron chi connectivity index (χ4n) is 1.24. The molecule has 0 fully saturated rings. The number of aromatic carboxylic acids is 1. The first-order valence-corrected chi connectivity index (χ1v) is 4.30. The third kappa shape index (κ3) is 2.10. The Morgan fingerprint density at radius 2 is 2.00 bits per heavy atom. The summed E-state index contributed by atoms with van der Waals surface area (Å²) in [6.45, 7) is 1.53. The van der Waals surface area contributed by atoms with Crippen molar-refractivity contribution in [2.75, 3.05) is 0 Å². The number of rotatable bonds is 3. The molecule has 4 N–H and O–H groups in total. The van der Waals surface area contributed by atoms with Gasteiger partial charge in [0, 0.05) is 0 Å². The molecule has 0 saturated heterocycles. The van der Waals surface area contributed by atoms with Crippen molar-refractivity contribution in [2.24, 2.45) is 5.73 Å². The van der Waals surface area contributed by atoms with Gasteiger partial charge in [0.25, 0.3) is 0 Å². The summed E-state index contributed by atoms with van der Waals surface area (Å²) >= 11 is 0. The Labute approximate surface area is 82.0 Å². The van der Waals surface area contributed by atoms with Crippen LogP contribution in [0.4, 0.5) is 0 Å². The van der Waals surface area contributed by atoms with Crippen LogP contribution in [0.2, 0.25) is 0 Å². The van der Waals surface area contributed by atoms with Crippen LogP contribution in [0.3, 0.4) is 0 Å². The van der Waals surface area contributed by atoms with E-state index in [-0.39, 0.29) is 5.56 Å². The van der Waals surface area contributed by atoms with Crippen LogP contribution in [0.15, 0.2) is 24.3 Å². The number of hydrogen-bond donors (Lipinski definition) is 3. The molecular weight excluding hydrogens is 182 g/mol. The molecule has 76 valence electrons. The van der Waals surface area contributed by atoms with Gasteiger partial charge in [0.2, 0.25) is 0 Å². The van der Waals surface area contributed by atoms with E-state index in [1.54, 1.807) is 18.2 Å². The molecule has 0 aromatic heterocycles. The van der Waals surface area contributed by atoms with Gasteiger partial charge in [-0.15, -0.1) is 0 Å². The van der Waals surface area contributed by atoms with Crippen LogP contribution in [0, 0.1) is 0 Å². The second kappa shape index (κ2) is 4.21. The Balaban J connectivity index is 3.13. The van der Waals surface area contributed by atoms with Gasteiger partial charge in [0.15, 0.2) is 0 Å². The summed E-state index contributed by atoms with van der Waals surface area (Å²) in [4.78, 5) is 10.8. The van der Waals surface area contributed by atoms with Crippen molar-refractivity contribution in [3.05, 3.63) is 35.4 Å². The summed E-state index contributed by atoms with van der Waals surface area (Å²) < 4.78 is 0. The number of carbonyl (C=O) groups is 1. The second-order valence-corrected chi connectivity index (χ2v) is 3.16. The van der Waals surface area contributed by atoms with E-state index in [9.17, 15) is 9.90 Å². The Kier molecular flexibility index (Phi) is 3.22. The molecule has 1 aromatic carbocycles. The lowest BCUT2D eigenvalue weighted by Crippen LogP contribution is -2.25. The molecular formula is C10H13NO3. The van der Waals surface area contributed by atoms with Crippen LogP contribution >= 0.6 is 0 Å². The molecule has 0 saturated carbocycles. The minimum Gasteiger partial charge on any atom is -0.478 e. The van der Waals surface area contributed by atoms with Crippen molar-refractivity contribution in [2.45, 2.75) is 19.1 Å². The molecule has 0 radical (unpaired) electrons. The molecule has 14 heavy (non-hydrogen) atoms. The van der Waals surface area contributed by atoms with Crippen LogP contribution in [0.25, 0.3) is 0 Å². The summed E-state index contributed by atoms with van der Waals surface area (Å²) in [5.74, 6) is -1.03. The van der Waals surface area contributed by atoms with Gasteiger partial charge in [-0.05, 0) is 18.6 Å². The van der Waals surface area contributed by atoms with E-state index >= 15 is 0 Å². The highest BCUT2D eigenvalue weighted by Gasteiger charge is 2.18. The average Bonchev–Trinajstić information content (AvgIpc) is 2.16. The maximum Gasteiger partial charge on any atom is 0.336 e. The Bertz CT molecular complexity index is 336. The molecule has 0 spiro atoms. The molecule has 1 aromatic rings. The van der Waals surface area contributed by atoms with Crippen molar-refractivity contribution in [1.29, 1.82) is 0 Å². The quantitative estimate of drug-likeness (QED) is 0.665. The summed E-state index contributed by atoms with van der Waals surface area (Å²) in [6, 6.07) is 5.74. The predicted octanol–water partition coefficient (Wildman–Crippen LogP) is 0.765. The number of aliphatic hydroxyl groups excluding tert-OH is 1. The molecule has 0 amide bonds. The van der Waals surface area contributed by atoms with Gasteiger partial charge in [0.05, 0.1) is 17.7 Å². The molecule has 0 unspecified atom stereocenters. The molecule has 0 aliphatic carbocycles. The third-order valence-electron chi connectivity index (χ3n) is 2.07. The summed E-state index contributed by atoms with van der Waals surface area (Å²) in [5, 5.41) is 18.1. The van der Waals surface area contributed by atoms with Gasteiger partial charge >= 0.3 is 5.97 Å². The highest BCUT2D eigenvalue weighted by atomic mass is 16.4. The third-order valence-corrected chi connectivity index (χ3v) is 2.07. The molecule has 4 heteroatoms. The Morgan fingerprint density at radius 3 is 2.50 bits per heavy atom. The lowest BCUT2D eigenvalue weighted by atomic mass is 9.98. The van der Waals surface area contributed by atoms with E-state index < -0.39 is 18.1 Å². The monoisotopic (exact) mass is 195 g/mol. The van der Waals surface area contributed by atoms with E-state index in [1.165, 1.54) is 13.0 Å². The first kappa shape index (κ1) is 10.7. The molecule has 4 nitrogen and oxygen atoms in total. The van der Waals surface area contributed by atoms with Crippen LogP contribution in [-0.4, -0.2) is 22.3 Å². The van der Waals surface area contributed by atoms with E-state index in [0.717, 1.165) is 0 Å². The zero-order valence-electron chi connectivity index (χ0n) is 7.84. The van der Waals surface area contributed by atoms with E-state index in [0.29, 0.717) is 5.56 Å². The van der Waals surface area contributed by atoms with Gasteiger partial charge in [-0.1, -0.05) is 18.2 Å². The normalized spacial score (nSPS) is 14.8. The van der Waals surface area contributed by atoms with Gasteiger partial charge in [-0.3, -0.25) is 0 Å². The van der Waals surface area contributed by atoms with Crippen LogP contribution in [-0.2, 0) is 0 Å². The fourth-order valence-corrected chi connectivity index (χ4v) is 1.24. The van der Waals surface area contributed by atoms with Crippen molar-refractivity contribution < 1.29 is 15.0 Å². The van der Waals surface area contributed by atoms with Crippen molar-refractivity contribution in [3.8, 4) is 0 Å². The van der Waals surface area contributed by atoms with E-state index in [4.69, 9.17) is 10.8 Å². The number of hydrogen-bond acceptors (Lipinski definition) is 3. The first-order chi connectivity index (χ1) is 6.54. The molecule has 0 heterocycles. The van der Waals surface area contributed by atoms with Crippen LogP contribution in [0.1, 0.15) is 28.9 Å². The van der Waals surface area contributed by atoms with Gasteiger partial charge in [-0.2, -0.15) is 0 Å². The second-order valence-electron chi connectivity index (χ2n) is 3.16. The highest BCUT2D eigenvalue weighted by Crippen LogP contribution is 2.18. The standard InChI is InChI=1S/C10H13NO3/c1-6(12)9(11)7-4-2-3-5-8(7)10(13)14/h2-6,9,12H,11H2,1H3,(H,13,14)/t6-,9+/m0/s1. The number of aliphatic hydroxyl groups is 1. The van der Waals surface area contributed by atoms with Crippen LogP contribution in [0.5, 0.6) is 0 Å².